The van der Waals surface area contributed by atoms with Crippen molar-refractivity contribution in [2.45, 2.75) is 44.6 Å². The second-order valence-electron chi connectivity index (χ2n) is 4.91. The summed E-state index contributed by atoms with van der Waals surface area (Å²) in [5.41, 5.74) is 0. The third kappa shape index (κ3) is 3.81. The quantitative estimate of drug-likeness (QED) is 0.723. The van der Waals surface area contributed by atoms with Gasteiger partial charge in [-0.1, -0.05) is 6.92 Å². The molecule has 0 aromatic rings. The lowest BCUT2D eigenvalue weighted by atomic mass is 10.0. The van der Waals surface area contributed by atoms with Crippen molar-refractivity contribution in [1.82, 2.24) is 9.80 Å². The highest BCUT2D eigenvalue weighted by atomic mass is 19.3. The smallest absolute Gasteiger partial charge is 0.337 e. The maximum atomic E-state index is 13.0. The maximum absolute atomic E-state index is 13.0. The third-order valence-corrected chi connectivity index (χ3v) is 3.52. The number of piperidine rings is 1. The van der Waals surface area contributed by atoms with Crippen molar-refractivity contribution in [1.29, 1.82) is 0 Å². The van der Waals surface area contributed by atoms with E-state index in [4.69, 9.17) is 0 Å². The summed E-state index contributed by atoms with van der Waals surface area (Å²) in [6, 6.07) is -0.384. The van der Waals surface area contributed by atoms with Gasteiger partial charge in [-0.05, 0) is 25.8 Å². The normalized spacial score (nSPS) is 18.9. The van der Waals surface area contributed by atoms with Crippen LogP contribution in [0.25, 0.3) is 0 Å². The van der Waals surface area contributed by atoms with Crippen LogP contribution in [-0.4, -0.2) is 60.8 Å². The molecule has 1 aliphatic heterocycles. The van der Waals surface area contributed by atoms with Gasteiger partial charge in [0.05, 0.1) is 0 Å². The Morgan fingerprint density at radius 1 is 1.37 bits per heavy atom. The molecule has 0 aromatic carbocycles. The molecular weight excluding hydrogens is 264 g/mol. The molecule has 7 heteroatoms. The van der Waals surface area contributed by atoms with Gasteiger partial charge in [0.25, 0.3) is 5.91 Å². The summed E-state index contributed by atoms with van der Waals surface area (Å²) in [5.74, 6) is -6.37. The summed E-state index contributed by atoms with van der Waals surface area (Å²) in [6.07, 6.45) is -1.87. The second-order valence-corrected chi connectivity index (χ2v) is 4.91. The molecule has 0 aliphatic carbocycles. The van der Waals surface area contributed by atoms with Crippen LogP contribution in [0.4, 0.5) is 17.6 Å². The number of likely N-dealkylation sites (tertiary alicyclic amines) is 1. The molecule has 0 unspecified atom stereocenters. The van der Waals surface area contributed by atoms with Gasteiger partial charge in [0.1, 0.15) is 0 Å². The molecule has 0 N–H and O–H groups in total. The predicted octanol–water partition coefficient (Wildman–Crippen LogP) is 2.22. The van der Waals surface area contributed by atoms with Gasteiger partial charge in [-0.25, -0.2) is 8.78 Å². The number of carbonyl (C=O) groups is 1. The fraction of sp³-hybridized carbons (Fsp3) is 0.917. The van der Waals surface area contributed by atoms with E-state index < -0.39 is 18.3 Å². The molecule has 0 bridgehead atoms. The molecule has 1 fully saturated rings. The molecule has 0 aromatic heterocycles. The molecular formula is C12H20F4N2O. The van der Waals surface area contributed by atoms with Gasteiger partial charge in [0.15, 0.2) is 0 Å². The molecule has 1 rings (SSSR count). The van der Waals surface area contributed by atoms with Crippen LogP contribution in [0.2, 0.25) is 0 Å². The maximum Gasteiger partial charge on any atom is 0.383 e. The summed E-state index contributed by atoms with van der Waals surface area (Å²) < 4.78 is 50.3. The van der Waals surface area contributed by atoms with Crippen LogP contribution in [0.1, 0.15) is 26.2 Å². The van der Waals surface area contributed by atoms with Crippen molar-refractivity contribution < 1.29 is 22.4 Å². The number of amides is 1. The minimum absolute atomic E-state index is 0.384. The Labute approximate surface area is 110 Å². The minimum atomic E-state index is -4.59. The van der Waals surface area contributed by atoms with E-state index in [-0.39, 0.29) is 6.04 Å². The topological polar surface area (TPSA) is 23.6 Å². The number of hydrogen-bond acceptors (Lipinski definition) is 2. The van der Waals surface area contributed by atoms with Gasteiger partial charge in [0.2, 0.25) is 0 Å². The Morgan fingerprint density at radius 2 is 1.89 bits per heavy atom. The Balaban J connectivity index is 2.55. The van der Waals surface area contributed by atoms with Crippen LogP contribution in [-0.2, 0) is 4.79 Å². The monoisotopic (exact) mass is 284 g/mol. The van der Waals surface area contributed by atoms with E-state index in [1.807, 2.05) is 6.92 Å². The zero-order chi connectivity index (χ0) is 14.6. The number of hydrogen-bond donors (Lipinski definition) is 0. The van der Waals surface area contributed by atoms with Crippen molar-refractivity contribution in [2.75, 3.05) is 26.7 Å². The fourth-order valence-electron chi connectivity index (χ4n) is 2.34. The van der Waals surface area contributed by atoms with Gasteiger partial charge in [-0.3, -0.25) is 4.79 Å². The molecule has 0 spiro atoms. The Morgan fingerprint density at radius 3 is 2.32 bits per heavy atom. The van der Waals surface area contributed by atoms with Gasteiger partial charge >= 0.3 is 12.3 Å². The first-order valence-electron chi connectivity index (χ1n) is 6.46. The summed E-state index contributed by atoms with van der Waals surface area (Å²) in [5, 5.41) is 0. The molecule has 0 radical (unpaired) electrons. The van der Waals surface area contributed by atoms with Crippen molar-refractivity contribution in [3.8, 4) is 0 Å². The summed E-state index contributed by atoms with van der Waals surface area (Å²) in [7, 11) is 1.18. The lowest BCUT2D eigenvalue weighted by molar-refractivity contribution is -0.182. The molecule has 0 saturated carbocycles. The average Bonchev–Trinajstić information content (AvgIpc) is 2.38. The molecule has 3 nitrogen and oxygen atoms in total. The van der Waals surface area contributed by atoms with Crippen molar-refractivity contribution in [3.63, 3.8) is 0 Å². The van der Waals surface area contributed by atoms with E-state index in [1.54, 1.807) is 0 Å². The SMILES string of the molecule is CCCN1CCC(N(C)C(=O)C(F)(F)C(F)F)CC1. The highest BCUT2D eigenvalue weighted by Gasteiger charge is 2.51. The Hall–Kier alpha value is -0.850. The lowest BCUT2D eigenvalue weighted by Gasteiger charge is -2.37. The van der Waals surface area contributed by atoms with Crippen LogP contribution >= 0.6 is 0 Å². The van der Waals surface area contributed by atoms with Gasteiger partial charge in [0, 0.05) is 26.2 Å². The van der Waals surface area contributed by atoms with Crippen LogP contribution < -0.4 is 0 Å². The van der Waals surface area contributed by atoms with E-state index in [1.165, 1.54) is 7.05 Å². The van der Waals surface area contributed by atoms with Crippen molar-refractivity contribution in [2.24, 2.45) is 0 Å². The van der Waals surface area contributed by atoms with Crippen molar-refractivity contribution in [3.05, 3.63) is 0 Å². The first-order valence-corrected chi connectivity index (χ1v) is 6.46. The summed E-state index contributed by atoms with van der Waals surface area (Å²) in [4.78, 5) is 14.4. The van der Waals surface area contributed by atoms with Crippen molar-refractivity contribution >= 4 is 5.91 Å². The number of rotatable bonds is 5. The second kappa shape index (κ2) is 6.54. The number of nitrogens with zero attached hydrogens (tertiary/aromatic N) is 2. The summed E-state index contributed by atoms with van der Waals surface area (Å²) >= 11 is 0. The van der Waals surface area contributed by atoms with Gasteiger partial charge in [-0.15, -0.1) is 0 Å². The first kappa shape index (κ1) is 16.2. The van der Waals surface area contributed by atoms with Gasteiger partial charge in [-0.2, -0.15) is 8.78 Å². The van der Waals surface area contributed by atoms with Crippen LogP contribution in [0.5, 0.6) is 0 Å². The zero-order valence-corrected chi connectivity index (χ0v) is 11.2. The summed E-state index contributed by atoms with van der Waals surface area (Å²) in [6.45, 7) is 4.38. The third-order valence-electron chi connectivity index (χ3n) is 3.52. The molecule has 1 saturated heterocycles. The van der Waals surface area contributed by atoms with Crippen LogP contribution in [0.15, 0.2) is 0 Å². The Bertz CT molecular complexity index is 304. The van der Waals surface area contributed by atoms with Crippen LogP contribution in [0, 0.1) is 0 Å². The number of alkyl halides is 4. The van der Waals surface area contributed by atoms with E-state index >= 15 is 0 Å². The van der Waals surface area contributed by atoms with E-state index in [9.17, 15) is 22.4 Å². The molecule has 19 heavy (non-hydrogen) atoms. The number of carbonyl (C=O) groups excluding carboxylic acids is 1. The van der Waals surface area contributed by atoms with E-state index in [2.05, 4.69) is 4.90 Å². The Kier molecular flexibility index (Phi) is 5.58. The van der Waals surface area contributed by atoms with E-state index in [0.717, 1.165) is 17.9 Å². The average molecular weight is 284 g/mol. The molecule has 0 atom stereocenters. The largest absolute Gasteiger partial charge is 0.383 e. The highest BCUT2D eigenvalue weighted by Crippen LogP contribution is 2.27. The fourth-order valence-corrected chi connectivity index (χ4v) is 2.34. The minimum Gasteiger partial charge on any atom is -0.337 e. The first-order chi connectivity index (χ1) is 8.80. The van der Waals surface area contributed by atoms with Gasteiger partial charge < -0.3 is 9.80 Å². The van der Waals surface area contributed by atoms with E-state index in [0.29, 0.717) is 25.9 Å². The molecule has 1 aliphatic rings. The zero-order valence-electron chi connectivity index (χ0n) is 11.2. The number of halogens is 4. The van der Waals surface area contributed by atoms with Crippen LogP contribution in [0.3, 0.4) is 0 Å². The molecule has 1 amide bonds. The molecule has 1 heterocycles. The molecule has 112 valence electrons. The standard InChI is InChI=1S/C12H20F4N2O/c1-3-6-18-7-4-9(5-8-18)17(2)11(19)12(15,16)10(13)14/h9-10H,3-8H2,1-2H3. The highest BCUT2D eigenvalue weighted by molar-refractivity contribution is 5.84. The predicted molar refractivity (Wildman–Crippen MR) is 63.5 cm³/mol. The lowest BCUT2D eigenvalue weighted by Crippen LogP contribution is -2.52.